The molecule has 1 aromatic carbocycles. The van der Waals surface area contributed by atoms with Crippen LogP contribution in [0.2, 0.25) is 0 Å². The van der Waals surface area contributed by atoms with Gasteiger partial charge in [-0.05, 0) is 32.3 Å². The van der Waals surface area contributed by atoms with Crippen molar-refractivity contribution in [2.45, 2.75) is 45.5 Å². The molecule has 1 aliphatic heterocycles. The maximum absolute atomic E-state index is 12.6. The predicted molar refractivity (Wildman–Crippen MR) is 105 cm³/mol. The number of hydrogen-bond acceptors (Lipinski definition) is 7. The van der Waals surface area contributed by atoms with Gasteiger partial charge in [-0.15, -0.1) is 0 Å². The Kier molecular flexibility index (Phi) is 8.88. The molecular formula is C20H29N3O6. The Hall–Kier alpha value is -2.65. The molecular weight excluding hydrogens is 378 g/mol. The van der Waals surface area contributed by atoms with Gasteiger partial charge in [-0.3, -0.25) is 4.79 Å². The normalized spacial score (nSPS) is 16.5. The molecule has 0 radical (unpaired) electrons. The first-order valence-corrected chi connectivity index (χ1v) is 9.69. The number of carbonyl (C=O) groups excluding carboxylic acids is 2. The van der Waals surface area contributed by atoms with Gasteiger partial charge in [0, 0.05) is 18.7 Å². The zero-order valence-electron chi connectivity index (χ0n) is 16.9. The first-order chi connectivity index (χ1) is 13.9. The summed E-state index contributed by atoms with van der Waals surface area (Å²) in [5.41, 5.74) is 7.02. The van der Waals surface area contributed by atoms with E-state index in [0.717, 1.165) is 5.56 Å². The third-order valence-electron chi connectivity index (χ3n) is 4.70. The Morgan fingerprint density at radius 2 is 1.93 bits per heavy atom. The number of esters is 1. The molecule has 1 aliphatic rings. The molecule has 0 saturated carbocycles. The monoisotopic (exact) mass is 407 g/mol. The van der Waals surface area contributed by atoms with Crippen LogP contribution in [-0.2, 0) is 30.4 Å². The van der Waals surface area contributed by atoms with E-state index in [4.69, 9.17) is 25.2 Å². The van der Waals surface area contributed by atoms with Crippen LogP contribution in [0.5, 0.6) is 0 Å². The number of amidine groups is 1. The number of rotatable bonds is 9. The van der Waals surface area contributed by atoms with Crippen molar-refractivity contribution >= 4 is 17.7 Å². The van der Waals surface area contributed by atoms with Crippen LogP contribution in [0.15, 0.2) is 29.4 Å². The number of piperidine rings is 1. The fourth-order valence-electron chi connectivity index (χ4n) is 3.01. The van der Waals surface area contributed by atoms with Crippen LogP contribution in [0.3, 0.4) is 0 Å². The molecule has 0 bridgehead atoms. The number of hydrogen-bond donors (Lipinski definition) is 2. The Bertz CT molecular complexity index is 699. The van der Waals surface area contributed by atoms with E-state index in [-0.39, 0.29) is 37.0 Å². The van der Waals surface area contributed by atoms with Gasteiger partial charge in [-0.25, -0.2) is 4.79 Å². The molecule has 0 aromatic heterocycles. The van der Waals surface area contributed by atoms with E-state index < -0.39 is 6.10 Å². The molecule has 0 aliphatic carbocycles. The Morgan fingerprint density at radius 1 is 1.28 bits per heavy atom. The highest BCUT2D eigenvalue weighted by Gasteiger charge is 2.27. The first-order valence-electron chi connectivity index (χ1n) is 9.69. The van der Waals surface area contributed by atoms with Gasteiger partial charge < -0.3 is 30.1 Å². The minimum absolute atomic E-state index is 0.0376. The van der Waals surface area contributed by atoms with E-state index in [2.05, 4.69) is 5.16 Å². The summed E-state index contributed by atoms with van der Waals surface area (Å²) in [6.45, 7) is 5.17. The van der Waals surface area contributed by atoms with Gasteiger partial charge in [-0.1, -0.05) is 29.4 Å². The summed E-state index contributed by atoms with van der Waals surface area (Å²) in [5, 5.41) is 11.6. The van der Waals surface area contributed by atoms with E-state index in [1.807, 2.05) is 0 Å². The smallest absolute Gasteiger partial charge is 0.332 e. The largest absolute Gasteiger partial charge is 0.464 e. The van der Waals surface area contributed by atoms with Crippen LogP contribution in [-0.4, -0.2) is 66.3 Å². The summed E-state index contributed by atoms with van der Waals surface area (Å²) < 4.78 is 16.1. The van der Waals surface area contributed by atoms with Gasteiger partial charge in [0.1, 0.15) is 12.7 Å². The molecule has 1 amide bonds. The zero-order valence-corrected chi connectivity index (χ0v) is 16.9. The topological polar surface area (TPSA) is 124 Å². The molecule has 160 valence electrons. The van der Waals surface area contributed by atoms with Gasteiger partial charge in [0.25, 0.3) is 5.91 Å². The number of carbonyl (C=O) groups is 2. The van der Waals surface area contributed by atoms with Crippen LogP contribution in [0.25, 0.3) is 0 Å². The van der Waals surface area contributed by atoms with Crippen LogP contribution in [0.4, 0.5) is 0 Å². The molecule has 9 heteroatoms. The minimum Gasteiger partial charge on any atom is -0.464 e. The molecule has 0 spiro atoms. The number of likely N-dealkylation sites (tertiary alicyclic amines) is 1. The van der Waals surface area contributed by atoms with Crippen molar-refractivity contribution in [3.63, 3.8) is 0 Å². The van der Waals surface area contributed by atoms with Gasteiger partial charge >= 0.3 is 5.97 Å². The van der Waals surface area contributed by atoms with Crippen LogP contribution < -0.4 is 5.73 Å². The van der Waals surface area contributed by atoms with Gasteiger partial charge in [0.05, 0.1) is 19.3 Å². The molecule has 1 aromatic rings. The molecule has 1 heterocycles. The molecule has 3 N–H and O–H groups in total. The maximum atomic E-state index is 12.6. The fraction of sp³-hybridized carbons (Fsp3) is 0.550. The highest BCUT2D eigenvalue weighted by atomic mass is 16.6. The average molecular weight is 407 g/mol. The summed E-state index contributed by atoms with van der Waals surface area (Å²) >= 11 is 0. The third-order valence-corrected chi connectivity index (χ3v) is 4.70. The first kappa shape index (κ1) is 22.6. The Labute approximate surface area is 170 Å². The standard InChI is InChI=1S/C20H29N3O6/c1-3-27-18(24)13-29-17-8-10-23(11-9-17)20(25)14(2)28-12-15-4-6-16(7-5-15)19(21)22-26/h4-7,14,17,26H,3,8-13H2,1-2H3,(H2,21,22)/t14-/m0/s1. The summed E-state index contributed by atoms with van der Waals surface area (Å²) in [6.07, 6.45) is 0.726. The van der Waals surface area contributed by atoms with Crippen LogP contribution in [0.1, 0.15) is 37.8 Å². The molecule has 2 rings (SSSR count). The lowest BCUT2D eigenvalue weighted by atomic mass is 10.1. The van der Waals surface area contributed by atoms with Crippen molar-refractivity contribution in [2.24, 2.45) is 10.9 Å². The molecule has 29 heavy (non-hydrogen) atoms. The number of oxime groups is 1. The molecule has 1 atom stereocenters. The lowest BCUT2D eigenvalue weighted by Gasteiger charge is -2.33. The second kappa shape index (κ2) is 11.4. The minimum atomic E-state index is -0.573. The molecule has 1 fully saturated rings. The average Bonchev–Trinajstić information content (AvgIpc) is 2.76. The second-order valence-corrected chi connectivity index (χ2v) is 6.78. The van der Waals surface area contributed by atoms with E-state index in [1.54, 1.807) is 43.0 Å². The van der Waals surface area contributed by atoms with E-state index in [1.165, 1.54) is 0 Å². The lowest BCUT2D eigenvalue weighted by molar-refractivity contribution is -0.154. The maximum Gasteiger partial charge on any atom is 0.332 e. The summed E-state index contributed by atoms with van der Waals surface area (Å²) in [4.78, 5) is 25.7. The molecule has 9 nitrogen and oxygen atoms in total. The number of nitrogens with two attached hydrogens (primary N) is 1. The summed E-state index contributed by atoms with van der Waals surface area (Å²) in [5.74, 6) is -0.398. The second-order valence-electron chi connectivity index (χ2n) is 6.78. The van der Waals surface area contributed by atoms with E-state index >= 15 is 0 Å². The molecule has 1 saturated heterocycles. The summed E-state index contributed by atoms with van der Waals surface area (Å²) in [6, 6.07) is 7.05. The lowest BCUT2D eigenvalue weighted by Crippen LogP contribution is -2.45. The van der Waals surface area contributed by atoms with Gasteiger partial charge in [0.15, 0.2) is 5.84 Å². The number of amides is 1. The fourth-order valence-corrected chi connectivity index (χ4v) is 3.01. The van der Waals surface area contributed by atoms with E-state index in [0.29, 0.717) is 38.1 Å². The highest BCUT2D eigenvalue weighted by Crippen LogP contribution is 2.16. The van der Waals surface area contributed by atoms with Crippen molar-refractivity contribution in [3.8, 4) is 0 Å². The number of benzene rings is 1. The van der Waals surface area contributed by atoms with E-state index in [9.17, 15) is 9.59 Å². The van der Waals surface area contributed by atoms with Gasteiger partial charge in [0.2, 0.25) is 0 Å². The van der Waals surface area contributed by atoms with Crippen molar-refractivity contribution in [1.82, 2.24) is 4.90 Å². The number of nitrogens with zero attached hydrogens (tertiary/aromatic N) is 2. The quantitative estimate of drug-likeness (QED) is 0.208. The Balaban J connectivity index is 1.73. The van der Waals surface area contributed by atoms with Crippen LogP contribution in [0, 0.1) is 0 Å². The Morgan fingerprint density at radius 3 is 2.52 bits per heavy atom. The molecule has 0 unspecified atom stereocenters. The third kappa shape index (κ3) is 7.03. The summed E-state index contributed by atoms with van der Waals surface area (Å²) in [7, 11) is 0. The predicted octanol–water partition coefficient (Wildman–Crippen LogP) is 1.26. The van der Waals surface area contributed by atoms with Crippen molar-refractivity contribution < 1.29 is 29.0 Å². The van der Waals surface area contributed by atoms with Crippen molar-refractivity contribution in [1.29, 1.82) is 0 Å². The van der Waals surface area contributed by atoms with Crippen LogP contribution >= 0.6 is 0 Å². The van der Waals surface area contributed by atoms with Gasteiger partial charge in [-0.2, -0.15) is 0 Å². The highest BCUT2D eigenvalue weighted by molar-refractivity contribution is 5.96. The number of ether oxygens (including phenoxy) is 3. The zero-order chi connectivity index (χ0) is 21.2. The SMILES string of the molecule is CCOC(=O)COC1CCN(C(=O)[C@H](C)OCc2ccc(/C(N)=N/O)cc2)CC1. The van der Waals surface area contributed by atoms with Crippen molar-refractivity contribution in [2.75, 3.05) is 26.3 Å². The van der Waals surface area contributed by atoms with Crippen molar-refractivity contribution in [3.05, 3.63) is 35.4 Å².